The summed E-state index contributed by atoms with van der Waals surface area (Å²) in [5.41, 5.74) is 5.99. The Kier molecular flexibility index (Phi) is 3.00. The van der Waals surface area contributed by atoms with Crippen molar-refractivity contribution in [2.45, 2.75) is 37.8 Å². The summed E-state index contributed by atoms with van der Waals surface area (Å²) < 4.78 is 5.39. The van der Waals surface area contributed by atoms with E-state index in [0.717, 1.165) is 25.1 Å². The van der Waals surface area contributed by atoms with Crippen LogP contribution in [0.25, 0.3) is 0 Å². The molecule has 0 saturated carbocycles. The third kappa shape index (κ3) is 2.06. The zero-order valence-corrected chi connectivity index (χ0v) is 12.5. The number of fused-ring (bicyclic) bond motifs is 3. The summed E-state index contributed by atoms with van der Waals surface area (Å²) in [6, 6.07) is 15.4. The number of ether oxygens (including phenoxy) is 1. The van der Waals surface area contributed by atoms with Gasteiger partial charge in [-0.15, -0.1) is 0 Å². The van der Waals surface area contributed by atoms with E-state index in [1.54, 1.807) is 7.11 Å². The standard InChI is InChI=1S/C19H21NO/c1-21-17-8-9-18-14(11-17)7-4-10-19(18)12-15-5-2-3-6-16(15)13-20-19/h2-3,5-6,8-9,11,20H,4,7,10,12-13H2,1H3. The molecule has 1 N–H and O–H groups in total. The van der Waals surface area contributed by atoms with Crippen molar-refractivity contribution in [2.24, 2.45) is 0 Å². The number of methoxy groups -OCH3 is 1. The van der Waals surface area contributed by atoms with Gasteiger partial charge in [-0.05, 0) is 60.1 Å². The third-order valence-electron chi connectivity index (χ3n) is 5.11. The molecule has 1 unspecified atom stereocenters. The third-order valence-corrected chi connectivity index (χ3v) is 5.11. The Morgan fingerprint density at radius 1 is 1.05 bits per heavy atom. The maximum absolute atomic E-state index is 5.39. The van der Waals surface area contributed by atoms with Gasteiger partial charge in [-0.2, -0.15) is 0 Å². The summed E-state index contributed by atoms with van der Waals surface area (Å²) in [6.07, 6.45) is 4.73. The van der Waals surface area contributed by atoms with Crippen LogP contribution in [0.1, 0.15) is 35.1 Å². The molecule has 0 saturated heterocycles. The Balaban J connectivity index is 1.78. The summed E-state index contributed by atoms with van der Waals surface area (Å²) in [6.45, 7) is 0.974. The summed E-state index contributed by atoms with van der Waals surface area (Å²) in [7, 11) is 1.75. The summed E-state index contributed by atoms with van der Waals surface area (Å²) in [5, 5.41) is 3.84. The molecule has 1 spiro atoms. The highest BCUT2D eigenvalue weighted by Crippen LogP contribution is 2.41. The van der Waals surface area contributed by atoms with Crippen LogP contribution in [-0.4, -0.2) is 7.11 Å². The lowest BCUT2D eigenvalue weighted by Crippen LogP contribution is -2.49. The van der Waals surface area contributed by atoms with Gasteiger partial charge in [-0.3, -0.25) is 0 Å². The highest BCUT2D eigenvalue weighted by atomic mass is 16.5. The first-order chi connectivity index (χ1) is 10.3. The van der Waals surface area contributed by atoms with Crippen LogP contribution in [0.3, 0.4) is 0 Å². The van der Waals surface area contributed by atoms with Crippen molar-refractivity contribution in [3.05, 3.63) is 64.7 Å². The van der Waals surface area contributed by atoms with Crippen molar-refractivity contribution in [1.82, 2.24) is 5.32 Å². The molecule has 1 heterocycles. The molecule has 2 aromatic carbocycles. The van der Waals surface area contributed by atoms with Gasteiger partial charge in [0.05, 0.1) is 7.11 Å². The van der Waals surface area contributed by atoms with Gasteiger partial charge in [0.15, 0.2) is 0 Å². The van der Waals surface area contributed by atoms with Crippen molar-refractivity contribution in [2.75, 3.05) is 7.11 Å². The van der Waals surface area contributed by atoms with Crippen molar-refractivity contribution >= 4 is 0 Å². The number of benzene rings is 2. The fraction of sp³-hybridized carbons (Fsp3) is 0.368. The lowest BCUT2D eigenvalue weighted by atomic mass is 9.71. The Morgan fingerprint density at radius 3 is 2.76 bits per heavy atom. The highest BCUT2D eigenvalue weighted by molar-refractivity contribution is 5.45. The van der Waals surface area contributed by atoms with Crippen LogP contribution in [0.5, 0.6) is 5.75 Å². The molecule has 2 nitrogen and oxygen atoms in total. The number of hydrogen-bond donors (Lipinski definition) is 1. The van der Waals surface area contributed by atoms with Gasteiger partial charge in [-0.1, -0.05) is 30.3 Å². The maximum Gasteiger partial charge on any atom is 0.119 e. The lowest BCUT2D eigenvalue weighted by molar-refractivity contribution is 0.263. The van der Waals surface area contributed by atoms with Gasteiger partial charge in [0.2, 0.25) is 0 Å². The van der Waals surface area contributed by atoms with Crippen LogP contribution in [0.4, 0.5) is 0 Å². The molecule has 1 aliphatic carbocycles. The molecular formula is C19H21NO. The van der Waals surface area contributed by atoms with E-state index in [0.29, 0.717) is 0 Å². The molecule has 0 radical (unpaired) electrons. The predicted molar refractivity (Wildman–Crippen MR) is 84.6 cm³/mol. The average molecular weight is 279 g/mol. The van der Waals surface area contributed by atoms with Crippen LogP contribution in [0, 0.1) is 0 Å². The lowest BCUT2D eigenvalue weighted by Gasteiger charge is -2.44. The zero-order chi connectivity index (χ0) is 14.3. The first kappa shape index (κ1) is 12.9. The number of nitrogens with one attached hydrogen (secondary N) is 1. The molecule has 2 heteroatoms. The second-order valence-corrected chi connectivity index (χ2v) is 6.26. The van der Waals surface area contributed by atoms with Crippen molar-refractivity contribution in [3.8, 4) is 5.75 Å². The molecule has 2 aromatic rings. The molecular weight excluding hydrogens is 258 g/mol. The van der Waals surface area contributed by atoms with E-state index in [-0.39, 0.29) is 5.54 Å². The molecule has 1 aliphatic heterocycles. The molecule has 0 aromatic heterocycles. The smallest absolute Gasteiger partial charge is 0.119 e. The van der Waals surface area contributed by atoms with Gasteiger partial charge in [0.1, 0.15) is 5.75 Å². The fourth-order valence-electron chi connectivity index (χ4n) is 4.01. The minimum Gasteiger partial charge on any atom is -0.497 e. The van der Waals surface area contributed by atoms with Crippen molar-refractivity contribution < 1.29 is 4.74 Å². The monoisotopic (exact) mass is 279 g/mol. The van der Waals surface area contributed by atoms with Gasteiger partial charge in [0.25, 0.3) is 0 Å². The summed E-state index contributed by atoms with van der Waals surface area (Å²) >= 11 is 0. The van der Waals surface area contributed by atoms with Crippen molar-refractivity contribution in [1.29, 1.82) is 0 Å². The molecule has 4 rings (SSSR count). The van der Waals surface area contributed by atoms with Gasteiger partial charge < -0.3 is 10.1 Å². The normalized spacial score (nSPS) is 23.5. The topological polar surface area (TPSA) is 21.3 Å². The average Bonchev–Trinajstić information content (AvgIpc) is 2.54. The van der Waals surface area contributed by atoms with Crippen LogP contribution < -0.4 is 10.1 Å². The SMILES string of the molecule is COc1ccc2c(c1)CCCC21Cc2ccccc2CN1. The van der Waals surface area contributed by atoms with Gasteiger partial charge in [0, 0.05) is 12.1 Å². The zero-order valence-electron chi connectivity index (χ0n) is 12.5. The first-order valence-electron chi connectivity index (χ1n) is 7.80. The molecule has 0 amide bonds. The highest BCUT2D eigenvalue weighted by Gasteiger charge is 2.38. The fourth-order valence-corrected chi connectivity index (χ4v) is 4.01. The Bertz CT molecular complexity index is 679. The van der Waals surface area contributed by atoms with E-state index in [4.69, 9.17) is 4.74 Å². The van der Waals surface area contributed by atoms with Gasteiger partial charge in [-0.25, -0.2) is 0 Å². The molecule has 0 bridgehead atoms. The van der Waals surface area contributed by atoms with E-state index in [9.17, 15) is 0 Å². The van der Waals surface area contributed by atoms with Crippen LogP contribution in [0.2, 0.25) is 0 Å². The molecule has 21 heavy (non-hydrogen) atoms. The summed E-state index contributed by atoms with van der Waals surface area (Å²) in [4.78, 5) is 0. The molecule has 0 fully saturated rings. The molecule has 2 aliphatic rings. The number of hydrogen-bond acceptors (Lipinski definition) is 2. The first-order valence-corrected chi connectivity index (χ1v) is 7.80. The van der Waals surface area contributed by atoms with E-state index >= 15 is 0 Å². The minimum absolute atomic E-state index is 0.119. The minimum atomic E-state index is 0.119. The van der Waals surface area contributed by atoms with Crippen LogP contribution in [-0.2, 0) is 24.9 Å². The van der Waals surface area contributed by atoms with E-state index in [1.165, 1.54) is 35.1 Å². The Hall–Kier alpha value is -1.80. The Labute approximate surface area is 126 Å². The van der Waals surface area contributed by atoms with Crippen LogP contribution >= 0.6 is 0 Å². The Morgan fingerprint density at radius 2 is 1.90 bits per heavy atom. The second kappa shape index (κ2) is 4.88. The largest absolute Gasteiger partial charge is 0.497 e. The van der Waals surface area contributed by atoms with E-state index < -0.39 is 0 Å². The van der Waals surface area contributed by atoms with Crippen LogP contribution in [0.15, 0.2) is 42.5 Å². The van der Waals surface area contributed by atoms with Gasteiger partial charge >= 0.3 is 0 Å². The number of aryl methyl sites for hydroxylation is 1. The number of rotatable bonds is 1. The quantitative estimate of drug-likeness (QED) is 0.861. The summed E-state index contributed by atoms with van der Waals surface area (Å²) in [5.74, 6) is 0.974. The maximum atomic E-state index is 5.39. The van der Waals surface area contributed by atoms with Crippen molar-refractivity contribution in [3.63, 3.8) is 0 Å². The second-order valence-electron chi connectivity index (χ2n) is 6.26. The van der Waals surface area contributed by atoms with E-state index in [2.05, 4.69) is 47.8 Å². The predicted octanol–water partition coefficient (Wildman–Crippen LogP) is 3.57. The van der Waals surface area contributed by atoms with E-state index in [1.807, 2.05) is 0 Å². The molecule has 108 valence electrons. The molecule has 1 atom stereocenters.